The summed E-state index contributed by atoms with van der Waals surface area (Å²) in [5, 5.41) is 9.41. The van der Waals surface area contributed by atoms with Gasteiger partial charge in [0.15, 0.2) is 0 Å². The van der Waals surface area contributed by atoms with Gasteiger partial charge in [-0.3, -0.25) is 9.59 Å². The highest BCUT2D eigenvalue weighted by atomic mass is 32.1. The van der Waals surface area contributed by atoms with Gasteiger partial charge in [0.25, 0.3) is 0 Å². The van der Waals surface area contributed by atoms with Gasteiger partial charge in [-0.05, 0) is 47.0 Å². The van der Waals surface area contributed by atoms with Crippen molar-refractivity contribution in [2.45, 2.75) is 18.9 Å². The Bertz CT molecular complexity index is 795. The third-order valence-electron chi connectivity index (χ3n) is 4.15. The smallest absolute Gasteiger partial charge is 0.309 e. The van der Waals surface area contributed by atoms with Crippen LogP contribution in [0.2, 0.25) is 0 Å². The lowest BCUT2D eigenvalue weighted by Crippen LogP contribution is -2.42. The Morgan fingerprint density at radius 1 is 1.04 bits per heavy atom. The quantitative estimate of drug-likeness (QED) is 0.655. The van der Waals surface area contributed by atoms with Crippen LogP contribution in [0.4, 0.5) is 0 Å². The summed E-state index contributed by atoms with van der Waals surface area (Å²) in [6.45, 7) is 2.13. The highest BCUT2D eigenvalue weighted by molar-refractivity contribution is 7.08. The van der Waals surface area contributed by atoms with E-state index < -0.39 is 11.8 Å². The Morgan fingerprint density at radius 3 is 2.50 bits per heavy atom. The molecule has 0 saturated carbocycles. The molecule has 3 rings (SSSR count). The number of furan rings is 1. The van der Waals surface area contributed by atoms with Crippen molar-refractivity contribution in [1.29, 1.82) is 0 Å². The van der Waals surface area contributed by atoms with Crippen molar-refractivity contribution in [3.63, 3.8) is 0 Å². The third-order valence-corrected chi connectivity index (χ3v) is 4.85. The van der Waals surface area contributed by atoms with Crippen molar-refractivity contribution in [1.82, 2.24) is 10.6 Å². The summed E-state index contributed by atoms with van der Waals surface area (Å²) in [6, 6.07) is 14.9. The average molecular weight is 368 g/mol. The van der Waals surface area contributed by atoms with Crippen LogP contribution in [0.5, 0.6) is 0 Å². The Hall–Kier alpha value is -2.86. The van der Waals surface area contributed by atoms with Crippen molar-refractivity contribution in [3.8, 4) is 0 Å². The predicted octanol–water partition coefficient (Wildman–Crippen LogP) is 3.47. The van der Waals surface area contributed by atoms with Crippen molar-refractivity contribution in [3.05, 3.63) is 82.4 Å². The molecule has 0 aliphatic carbocycles. The van der Waals surface area contributed by atoms with E-state index in [0.29, 0.717) is 0 Å². The number of thiophene rings is 1. The monoisotopic (exact) mass is 368 g/mol. The molecule has 2 N–H and O–H groups in total. The largest absolute Gasteiger partial charge is 0.469 e. The minimum absolute atomic E-state index is 0.125. The van der Waals surface area contributed by atoms with Crippen LogP contribution in [0.25, 0.3) is 0 Å². The van der Waals surface area contributed by atoms with E-state index in [4.69, 9.17) is 4.42 Å². The Morgan fingerprint density at radius 2 is 1.85 bits per heavy atom. The topological polar surface area (TPSA) is 71.3 Å². The second-order valence-corrected chi connectivity index (χ2v) is 6.72. The molecular weight excluding hydrogens is 348 g/mol. The maximum absolute atomic E-state index is 12.2. The van der Waals surface area contributed by atoms with Gasteiger partial charge in [-0.1, -0.05) is 30.3 Å². The number of carbonyl (C=O) groups is 2. The Labute approximate surface area is 156 Å². The van der Waals surface area contributed by atoms with Crippen LogP contribution in [0.1, 0.15) is 35.8 Å². The fourth-order valence-electron chi connectivity index (χ4n) is 2.71. The molecule has 6 heteroatoms. The standard InChI is InChI=1S/C20H20N2O3S/c1-14(15-6-3-2-4-7-15)22-20(24)19(23)21-12-17(16-9-11-26-13-16)18-8-5-10-25-18/h2-11,13-14,17H,12H2,1H3,(H,21,23)(H,22,24). The van der Waals surface area contributed by atoms with E-state index in [1.807, 2.05) is 66.2 Å². The first-order valence-corrected chi connectivity index (χ1v) is 9.28. The second kappa shape index (κ2) is 8.49. The fraction of sp³-hybridized carbons (Fsp3) is 0.200. The molecular formula is C20H20N2O3S. The van der Waals surface area contributed by atoms with Gasteiger partial charge in [0, 0.05) is 6.54 Å². The van der Waals surface area contributed by atoms with Gasteiger partial charge in [0.1, 0.15) is 5.76 Å². The summed E-state index contributed by atoms with van der Waals surface area (Å²) in [7, 11) is 0. The van der Waals surface area contributed by atoms with E-state index in [-0.39, 0.29) is 18.5 Å². The Balaban J connectivity index is 1.59. The van der Waals surface area contributed by atoms with Crippen LogP contribution >= 0.6 is 11.3 Å². The molecule has 0 aliphatic heterocycles. The van der Waals surface area contributed by atoms with Crippen molar-refractivity contribution in [2.24, 2.45) is 0 Å². The van der Waals surface area contributed by atoms with Gasteiger partial charge in [-0.15, -0.1) is 0 Å². The first kappa shape index (κ1) is 17.9. The Kier molecular flexibility index (Phi) is 5.86. The number of hydrogen-bond donors (Lipinski definition) is 2. The lowest BCUT2D eigenvalue weighted by Gasteiger charge is -2.16. The van der Waals surface area contributed by atoms with E-state index in [1.165, 1.54) is 0 Å². The molecule has 0 saturated heterocycles. The molecule has 0 bridgehead atoms. The SMILES string of the molecule is CC(NC(=O)C(=O)NCC(c1ccsc1)c1ccco1)c1ccccc1. The summed E-state index contributed by atoms with van der Waals surface area (Å²) in [6.07, 6.45) is 1.60. The second-order valence-electron chi connectivity index (χ2n) is 5.94. The van der Waals surface area contributed by atoms with Gasteiger partial charge in [0.05, 0.1) is 18.2 Å². The molecule has 3 aromatic rings. The molecule has 134 valence electrons. The number of benzene rings is 1. The molecule has 0 spiro atoms. The maximum Gasteiger partial charge on any atom is 0.309 e. The molecule has 5 nitrogen and oxygen atoms in total. The van der Waals surface area contributed by atoms with Gasteiger partial charge >= 0.3 is 11.8 Å². The number of carbonyl (C=O) groups excluding carboxylic acids is 2. The number of nitrogens with one attached hydrogen (secondary N) is 2. The van der Waals surface area contributed by atoms with Gasteiger partial charge in [0.2, 0.25) is 0 Å². The van der Waals surface area contributed by atoms with Crippen LogP contribution < -0.4 is 10.6 Å². The molecule has 26 heavy (non-hydrogen) atoms. The minimum atomic E-state index is -0.653. The molecule has 0 aliphatic rings. The zero-order valence-electron chi connectivity index (χ0n) is 14.3. The van der Waals surface area contributed by atoms with E-state index in [2.05, 4.69) is 10.6 Å². The molecule has 2 aromatic heterocycles. The highest BCUT2D eigenvalue weighted by Gasteiger charge is 2.22. The lowest BCUT2D eigenvalue weighted by molar-refractivity contribution is -0.139. The zero-order chi connectivity index (χ0) is 18.4. The summed E-state index contributed by atoms with van der Waals surface area (Å²) >= 11 is 1.58. The van der Waals surface area contributed by atoms with E-state index in [9.17, 15) is 9.59 Å². The van der Waals surface area contributed by atoms with Gasteiger partial charge in [-0.2, -0.15) is 11.3 Å². The third kappa shape index (κ3) is 4.40. The van der Waals surface area contributed by atoms with Crippen molar-refractivity contribution >= 4 is 23.2 Å². The average Bonchev–Trinajstić information content (AvgIpc) is 3.37. The molecule has 2 heterocycles. The van der Waals surface area contributed by atoms with Crippen LogP contribution in [-0.4, -0.2) is 18.4 Å². The first-order chi connectivity index (χ1) is 12.6. The molecule has 2 amide bonds. The minimum Gasteiger partial charge on any atom is -0.469 e. The lowest BCUT2D eigenvalue weighted by atomic mass is 9.99. The molecule has 0 radical (unpaired) electrons. The highest BCUT2D eigenvalue weighted by Crippen LogP contribution is 2.26. The molecule has 2 unspecified atom stereocenters. The summed E-state index contributed by atoms with van der Waals surface area (Å²) in [5.41, 5.74) is 1.99. The summed E-state index contributed by atoms with van der Waals surface area (Å²) < 4.78 is 5.49. The first-order valence-electron chi connectivity index (χ1n) is 8.34. The van der Waals surface area contributed by atoms with Crippen LogP contribution in [-0.2, 0) is 9.59 Å². The molecule has 2 atom stereocenters. The van der Waals surface area contributed by atoms with Gasteiger partial charge < -0.3 is 15.1 Å². The molecule has 0 fully saturated rings. The fourth-order valence-corrected chi connectivity index (χ4v) is 3.42. The summed E-state index contributed by atoms with van der Waals surface area (Å²) in [4.78, 5) is 24.4. The van der Waals surface area contributed by atoms with E-state index in [0.717, 1.165) is 16.9 Å². The number of amides is 2. The maximum atomic E-state index is 12.2. The normalized spacial score (nSPS) is 13.0. The van der Waals surface area contributed by atoms with Crippen molar-refractivity contribution < 1.29 is 14.0 Å². The van der Waals surface area contributed by atoms with Crippen molar-refractivity contribution in [2.75, 3.05) is 6.54 Å². The van der Waals surface area contributed by atoms with Crippen LogP contribution in [0.3, 0.4) is 0 Å². The predicted molar refractivity (Wildman–Crippen MR) is 101 cm³/mol. The van der Waals surface area contributed by atoms with E-state index in [1.54, 1.807) is 17.6 Å². The van der Waals surface area contributed by atoms with Crippen LogP contribution in [0, 0.1) is 0 Å². The van der Waals surface area contributed by atoms with E-state index >= 15 is 0 Å². The van der Waals surface area contributed by atoms with Gasteiger partial charge in [-0.25, -0.2) is 0 Å². The zero-order valence-corrected chi connectivity index (χ0v) is 15.2. The molecule has 1 aromatic carbocycles. The number of rotatable bonds is 6. The van der Waals surface area contributed by atoms with Crippen LogP contribution in [0.15, 0.2) is 70.0 Å². The summed E-state index contributed by atoms with van der Waals surface area (Å²) in [5.74, 6) is -0.675. The number of hydrogen-bond acceptors (Lipinski definition) is 4.